The zero-order chi connectivity index (χ0) is 27.7. The maximum atomic E-state index is 2.55. The molecule has 2 aromatic carbocycles. The standard InChI is InChI=1S/C36H58/c1-15-17-18-25(16-2)19-30-31(35(9,10)11)22-27(23-32(30)36(12,13)14)26-20-28(33(3,4)5)24-29(21-26)34(6,7)8/h20-25H,15-19H2,1-14H3. The molecule has 0 aliphatic carbocycles. The van der Waals surface area contributed by atoms with Crippen LogP contribution >= 0.6 is 0 Å². The van der Waals surface area contributed by atoms with Gasteiger partial charge in [0.05, 0.1) is 0 Å². The van der Waals surface area contributed by atoms with E-state index >= 15 is 0 Å². The van der Waals surface area contributed by atoms with Crippen LogP contribution in [0.15, 0.2) is 30.3 Å². The third-order valence-corrected chi connectivity index (χ3v) is 7.90. The Morgan fingerprint density at radius 3 is 1.31 bits per heavy atom. The highest BCUT2D eigenvalue weighted by Gasteiger charge is 2.29. The van der Waals surface area contributed by atoms with Gasteiger partial charge in [-0.3, -0.25) is 0 Å². The van der Waals surface area contributed by atoms with E-state index in [0.29, 0.717) is 0 Å². The molecular weight excluding hydrogens is 432 g/mol. The summed E-state index contributed by atoms with van der Waals surface area (Å²) in [6.07, 6.45) is 6.42. The van der Waals surface area contributed by atoms with E-state index < -0.39 is 0 Å². The van der Waals surface area contributed by atoms with Crippen LogP contribution in [0.25, 0.3) is 11.1 Å². The van der Waals surface area contributed by atoms with Gasteiger partial charge in [-0.2, -0.15) is 0 Å². The van der Waals surface area contributed by atoms with E-state index in [0.717, 1.165) is 5.92 Å². The maximum Gasteiger partial charge on any atom is -0.0129 e. The van der Waals surface area contributed by atoms with Crippen molar-refractivity contribution in [2.45, 2.75) is 151 Å². The van der Waals surface area contributed by atoms with Gasteiger partial charge in [0.15, 0.2) is 0 Å². The highest BCUT2D eigenvalue weighted by molar-refractivity contribution is 5.70. The van der Waals surface area contributed by atoms with Gasteiger partial charge in [-0.15, -0.1) is 0 Å². The zero-order valence-corrected chi connectivity index (χ0v) is 26.5. The first-order valence-corrected chi connectivity index (χ1v) is 14.6. The van der Waals surface area contributed by atoms with Crippen LogP contribution in [0.2, 0.25) is 0 Å². The minimum atomic E-state index is 0.100. The van der Waals surface area contributed by atoms with Crippen molar-refractivity contribution >= 4 is 0 Å². The molecule has 0 radical (unpaired) electrons. The van der Waals surface area contributed by atoms with Crippen LogP contribution in [0.4, 0.5) is 0 Å². The van der Waals surface area contributed by atoms with Crippen LogP contribution in [-0.2, 0) is 28.1 Å². The number of unbranched alkanes of at least 4 members (excludes halogenated alkanes) is 1. The van der Waals surface area contributed by atoms with Crippen molar-refractivity contribution in [1.29, 1.82) is 0 Å². The zero-order valence-electron chi connectivity index (χ0n) is 26.5. The summed E-state index contributed by atoms with van der Waals surface area (Å²) in [5, 5.41) is 0. The van der Waals surface area contributed by atoms with Gasteiger partial charge < -0.3 is 0 Å². The van der Waals surface area contributed by atoms with E-state index in [2.05, 4.69) is 127 Å². The second kappa shape index (κ2) is 11.0. The molecule has 0 bridgehead atoms. The van der Waals surface area contributed by atoms with E-state index in [4.69, 9.17) is 0 Å². The summed E-state index contributed by atoms with van der Waals surface area (Å²) >= 11 is 0. The highest BCUT2D eigenvalue weighted by atomic mass is 14.3. The molecule has 0 heterocycles. The lowest BCUT2D eigenvalue weighted by Gasteiger charge is -2.33. The van der Waals surface area contributed by atoms with Crippen LogP contribution in [0.1, 0.15) is 150 Å². The first-order valence-electron chi connectivity index (χ1n) is 14.6. The summed E-state index contributed by atoms with van der Waals surface area (Å²) in [5.41, 5.74) is 10.7. The topological polar surface area (TPSA) is 0 Å². The number of rotatable bonds is 7. The minimum Gasteiger partial charge on any atom is -0.0654 e. The molecule has 0 N–H and O–H groups in total. The first-order chi connectivity index (χ1) is 16.3. The van der Waals surface area contributed by atoms with E-state index in [-0.39, 0.29) is 21.7 Å². The molecule has 0 aliphatic heterocycles. The second-order valence-electron chi connectivity index (χ2n) is 15.5. The molecule has 0 nitrogen and oxygen atoms in total. The molecule has 0 aliphatic rings. The van der Waals surface area contributed by atoms with Crippen LogP contribution in [0, 0.1) is 5.92 Å². The van der Waals surface area contributed by atoms with Gasteiger partial charge in [-0.25, -0.2) is 0 Å². The minimum absolute atomic E-state index is 0.100. The smallest absolute Gasteiger partial charge is 0.0129 e. The Morgan fingerprint density at radius 1 is 0.556 bits per heavy atom. The summed E-state index contributed by atoms with van der Waals surface area (Å²) in [6, 6.07) is 12.4. The van der Waals surface area contributed by atoms with E-state index in [1.165, 1.54) is 54.4 Å². The summed E-state index contributed by atoms with van der Waals surface area (Å²) in [4.78, 5) is 0. The van der Waals surface area contributed by atoms with Crippen LogP contribution in [-0.4, -0.2) is 0 Å². The van der Waals surface area contributed by atoms with Gasteiger partial charge in [0.25, 0.3) is 0 Å². The van der Waals surface area contributed by atoms with E-state index in [1.807, 2.05) is 0 Å². The van der Waals surface area contributed by atoms with Gasteiger partial charge in [0.2, 0.25) is 0 Å². The molecule has 0 aromatic heterocycles. The number of hydrogen-bond acceptors (Lipinski definition) is 0. The fraction of sp³-hybridized carbons (Fsp3) is 0.667. The summed E-state index contributed by atoms with van der Waals surface area (Å²) < 4.78 is 0. The Morgan fingerprint density at radius 2 is 0.972 bits per heavy atom. The average molecular weight is 491 g/mol. The predicted molar refractivity (Wildman–Crippen MR) is 164 cm³/mol. The fourth-order valence-electron chi connectivity index (χ4n) is 5.29. The van der Waals surface area contributed by atoms with Crippen molar-refractivity contribution in [3.8, 4) is 11.1 Å². The summed E-state index contributed by atoms with van der Waals surface area (Å²) in [7, 11) is 0. The lowest BCUT2D eigenvalue weighted by Crippen LogP contribution is -2.23. The van der Waals surface area contributed by atoms with Gasteiger partial charge in [0.1, 0.15) is 0 Å². The van der Waals surface area contributed by atoms with Crippen LogP contribution < -0.4 is 0 Å². The normalized spacial score (nSPS) is 14.3. The van der Waals surface area contributed by atoms with E-state index in [9.17, 15) is 0 Å². The average Bonchev–Trinajstić information content (AvgIpc) is 2.73. The molecule has 0 heteroatoms. The Balaban J connectivity index is 2.88. The Hall–Kier alpha value is -1.56. The van der Waals surface area contributed by atoms with Crippen LogP contribution in [0.5, 0.6) is 0 Å². The summed E-state index contributed by atoms with van der Waals surface area (Å²) in [6.45, 7) is 33.2. The van der Waals surface area contributed by atoms with Gasteiger partial charge in [-0.1, -0.05) is 153 Å². The molecule has 1 unspecified atom stereocenters. The lowest BCUT2D eigenvalue weighted by molar-refractivity contribution is 0.437. The van der Waals surface area contributed by atoms with Gasteiger partial charge in [0, 0.05) is 0 Å². The molecule has 2 rings (SSSR count). The van der Waals surface area contributed by atoms with Crippen molar-refractivity contribution in [1.82, 2.24) is 0 Å². The van der Waals surface area contributed by atoms with Crippen LogP contribution in [0.3, 0.4) is 0 Å². The van der Waals surface area contributed by atoms with Crippen molar-refractivity contribution < 1.29 is 0 Å². The van der Waals surface area contributed by atoms with E-state index in [1.54, 1.807) is 16.7 Å². The molecule has 0 spiro atoms. The number of benzene rings is 2. The Bertz CT molecular complexity index is 939. The number of hydrogen-bond donors (Lipinski definition) is 0. The van der Waals surface area contributed by atoms with Crippen molar-refractivity contribution in [2.75, 3.05) is 0 Å². The molecule has 2 aromatic rings. The molecule has 0 amide bonds. The molecule has 1 atom stereocenters. The Kier molecular flexibility index (Phi) is 9.41. The highest BCUT2D eigenvalue weighted by Crippen LogP contribution is 2.41. The third kappa shape index (κ3) is 7.72. The molecule has 0 saturated heterocycles. The predicted octanol–water partition coefficient (Wildman–Crippen LogP) is 11.3. The largest absolute Gasteiger partial charge is 0.0654 e. The third-order valence-electron chi connectivity index (χ3n) is 7.90. The lowest BCUT2D eigenvalue weighted by atomic mass is 9.71. The van der Waals surface area contributed by atoms with Crippen molar-refractivity contribution in [2.24, 2.45) is 5.92 Å². The maximum absolute atomic E-state index is 2.55. The SMILES string of the molecule is CCCCC(CC)Cc1c(C(C)(C)C)cc(-c2cc(C(C)(C)C)cc(C(C)(C)C)c2)cc1C(C)(C)C. The van der Waals surface area contributed by atoms with Gasteiger partial charge in [-0.05, 0) is 72.9 Å². The molecule has 36 heavy (non-hydrogen) atoms. The van der Waals surface area contributed by atoms with Gasteiger partial charge >= 0.3 is 0 Å². The molecule has 0 saturated carbocycles. The second-order valence-corrected chi connectivity index (χ2v) is 15.5. The molecule has 0 fully saturated rings. The quantitative estimate of drug-likeness (QED) is 0.362. The monoisotopic (exact) mass is 490 g/mol. The molecular formula is C36H58. The summed E-state index contributed by atoms with van der Waals surface area (Å²) in [5.74, 6) is 0.759. The Labute approximate surface area is 225 Å². The first kappa shape index (κ1) is 30.7. The molecule has 202 valence electrons. The fourth-order valence-corrected chi connectivity index (χ4v) is 5.29. The van der Waals surface area contributed by atoms with Crippen molar-refractivity contribution in [3.05, 3.63) is 58.1 Å². The van der Waals surface area contributed by atoms with Crippen molar-refractivity contribution in [3.63, 3.8) is 0 Å².